The zero-order chi connectivity index (χ0) is 19.8. The molecule has 1 fully saturated rings. The number of hydrogen-bond acceptors (Lipinski definition) is 3. The van der Waals surface area contributed by atoms with Gasteiger partial charge in [0.25, 0.3) is 11.1 Å². The summed E-state index contributed by atoms with van der Waals surface area (Å²) < 4.78 is 2.27. The van der Waals surface area contributed by atoms with Gasteiger partial charge < -0.3 is 4.57 Å². The minimum absolute atomic E-state index is 0.140. The van der Waals surface area contributed by atoms with E-state index in [1.54, 1.807) is 0 Å². The molecule has 2 aromatic carbocycles. The highest BCUT2D eigenvalue weighted by molar-refractivity contribution is 8.18. The number of imide groups is 1. The summed E-state index contributed by atoms with van der Waals surface area (Å²) in [6.45, 7) is 6.54. The number of para-hydroxylation sites is 1. The number of hydrogen-bond donors (Lipinski definition) is 0. The van der Waals surface area contributed by atoms with Crippen LogP contribution in [0, 0.1) is 6.92 Å². The third-order valence-electron chi connectivity index (χ3n) is 5.08. The van der Waals surface area contributed by atoms with Crippen LogP contribution in [0.3, 0.4) is 0 Å². The van der Waals surface area contributed by atoms with Crippen LogP contribution in [0.1, 0.15) is 30.7 Å². The molecule has 1 aromatic heterocycles. The fourth-order valence-electron chi connectivity index (χ4n) is 3.67. The van der Waals surface area contributed by atoms with Crippen molar-refractivity contribution in [2.45, 2.75) is 33.4 Å². The van der Waals surface area contributed by atoms with E-state index in [0.717, 1.165) is 40.5 Å². The van der Waals surface area contributed by atoms with Crippen LogP contribution in [-0.4, -0.2) is 26.7 Å². The lowest BCUT2D eigenvalue weighted by atomic mass is 10.1. The molecule has 1 aliphatic heterocycles. The first kappa shape index (κ1) is 18.6. The second-order valence-electron chi connectivity index (χ2n) is 7.23. The van der Waals surface area contributed by atoms with E-state index in [1.165, 1.54) is 10.5 Å². The molecule has 0 N–H and O–H groups in total. The second-order valence-corrected chi connectivity index (χ2v) is 8.23. The number of nitrogens with zero attached hydrogens (tertiary/aromatic N) is 2. The average molecular weight is 391 g/mol. The summed E-state index contributed by atoms with van der Waals surface area (Å²) in [4.78, 5) is 26.8. The Morgan fingerprint density at radius 2 is 1.68 bits per heavy atom. The third-order valence-corrected chi connectivity index (χ3v) is 5.96. The van der Waals surface area contributed by atoms with E-state index in [-0.39, 0.29) is 17.2 Å². The molecule has 0 spiro atoms. The van der Waals surface area contributed by atoms with Gasteiger partial charge in [-0.3, -0.25) is 14.5 Å². The first-order chi connectivity index (χ1) is 13.5. The van der Waals surface area contributed by atoms with E-state index >= 15 is 0 Å². The first-order valence-electron chi connectivity index (χ1n) is 9.36. The maximum Gasteiger partial charge on any atom is 0.293 e. The summed E-state index contributed by atoms with van der Waals surface area (Å²) in [6, 6.07) is 18.4. The van der Waals surface area contributed by atoms with Gasteiger partial charge in [-0.05, 0) is 50.2 Å². The van der Waals surface area contributed by atoms with Crippen LogP contribution in [0.2, 0.25) is 0 Å². The number of carbonyl (C=O) groups is 2. The smallest absolute Gasteiger partial charge is 0.293 e. The van der Waals surface area contributed by atoms with Gasteiger partial charge in [0.2, 0.25) is 0 Å². The zero-order valence-corrected chi connectivity index (χ0v) is 17.0. The number of fused-ring (bicyclic) bond motifs is 1. The minimum Gasteiger partial charge on any atom is -0.340 e. The molecule has 0 saturated carbocycles. The summed E-state index contributed by atoms with van der Waals surface area (Å²) in [5.74, 6) is -0.204. The van der Waals surface area contributed by atoms with E-state index in [4.69, 9.17) is 0 Å². The molecule has 2 heterocycles. The van der Waals surface area contributed by atoms with E-state index in [9.17, 15) is 9.59 Å². The molecular weight excluding hydrogens is 368 g/mol. The topological polar surface area (TPSA) is 42.3 Å². The Hall–Kier alpha value is -2.79. The monoisotopic (exact) mass is 390 g/mol. The van der Waals surface area contributed by atoms with Crippen LogP contribution >= 0.6 is 11.8 Å². The predicted octanol–water partition coefficient (Wildman–Crippen LogP) is 5.44. The molecule has 4 rings (SSSR count). The quantitative estimate of drug-likeness (QED) is 0.557. The van der Waals surface area contributed by atoms with Crippen molar-refractivity contribution in [3.8, 4) is 0 Å². The molecule has 5 heteroatoms. The molecule has 0 aliphatic carbocycles. The molecule has 0 atom stereocenters. The van der Waals surface area contributed by atoms with Crippen molar-refractivity contribution < 1.29 is 9.59 Å². The van der Waals surface area contributed by atoms with Crippen LogP contribution in [0.4, 0.5) is 4.79 Å². The van der Waals surface area contributed by atoms with Gasteiger partial charge >= 0.3 is 0 Å². The van der Waals surface area contributed by atoms with Crippen molar-refractivity contribution in [1.82, 2.24) is 9.47 Å². The lowest BCUT2D eigenvalue weighted by Gasteiger charge is -2.16. The van der Waals surface area contributed by atoms with Crippen molar-refractivity contribution >= 4 is 39.9 Å². The Balaban J connectivity index is 1.82. The Morgan fingerprint density at radius 1 is 1.00 bits per heavy atom. The standard InChI is InChI=1S/C23H22N2O2S/c1-15(2)25-22(26)21(28-23(25)27)13-19-16(3)24(14-17-9-5-4-6-10-17)20-12-8-7-11-18(19)20/h4-13,15H,14H2,1-3H3/b21-13+. The molecule has 1 aliphatic rings. The van der Waals surface area contributed by atoms with Gasteiger partial charge in [-0.2, -0.15) is 0 Å². The van der Waals surface area contributed by atoms with E-state index in [0.29, 0.717) is 4.91 Å². The van der Waals surface area contributed by atoms with Gasteiger partial charge in [0.05, 0.1) is 4.91 Å². The van der Waals surface area contributed by atoms with Crippen molar-refractivity contribution in [2.75, 3.05) is 0 Å². The number of amides is 2. The van der Waals surface area contributed by atoms with Crippen LogP contribution in [-0.2, 0) is 11.3 Å². The molecule has 28 heavy (non-hydrogen) atoms. The summed E-state index contributed by atoms with van der Waals surface area (Å²) in [5, 5.41) is 0.893. The maximum atomic E-state index is 12.7. The normalized spacial score (nSPS) is 16.1. The summed E-state index contributed by atoms with van der Waals surface area (Å²) in [7, 11) is 0. The third kappa shape index (κ3) is 3.16. The molecule has 142 valence electrons. The van der Waals surface area contributed by atoms with Crippen molar-refractivity contribution in [3.05, 3.63) is 76.3 Å². The summed E-state index contributed by atoms with van der Waals surface area (Å²) in [5.41, 5.74) is 4.43. The van der Waals surface area contributed by atoms with Crippen LogP contribution < -0.4 is 0 Å². The second kappa shape index (κ2) is 7.32. The zero-order valence-electron chi connectivity index (χ0n) is 16.2. The van der Waals surface area contributed by atoms with E-state index < -0.39 is 0 Å². The Morgan fingerprint density at radius 3 is 2.36 bits per heavy atom. The molecule has 0 bridgehead atoms. The molecule has 0 unspecified atom stereocenters. The van der Waals surface area contributed by atoms with E-state index in [2.05, 4.69) is 35.8 Å². The van der Waals surface area contributed by atoms with Gasteiger partial charge in [0, 0.05) is 34.7 Å². The predicted molar refractivity (Wildman–Crippen MR) is 115 cm³/mol. The van der Waals surface area contributed by atoms with Gasteiger partial charge in [-0.25, -0.2) is 0 Å². The van der Waals surface area contributed by atoms with Crippen LogP contribution in [0.25, 0.3) is 17.0 Å². The average Bonchev–Trinajstić information content (AvgIpc) is 3.11. The fourth-order valence-corrected chi connectivity index (χ4v) is 4.61. The fraction of sp³-hybridized carbons (Fsp3) is 0.217. The van der Waals surface area contributed by atoms with Crippen LogP contribution in [0.5, 0.6) is 0 Å². The Bertz CT molecular complexity index is 1100. The number of benzene rings is 2. The lowest BCUT2D eigenvalue weighted by molar-refractivity contribution is -0.123. The molecule has 3 aromatic rings. The molecule has 0 radical (unpaired) electrons. The Labute approximate surface area is 168 Å². The van der Waals surface area contributed by atoms with Gasteiger partial charge in [0.1, 0.15) is 0 Å². The van der Waals surface area contributed by atoms with Gasteiger partial charge in [-0.15, -0.1) is 0 Å². The largest absolute Gasteiger partial charge is 0.340 e. The highest BCUT2D eigenvalue weighted by atomic mass is 32.2. The highest BCUT2D eigenvalue weighted by Crippen LogP contribution is 2.36. The number of rotatable bonds is 4. The van der Waals surface area contributed by atoms with Gasteiger partial charge in [0.15, 0.2) is 0 Å². The number of thioether (sulfide) groups is 1. The molecule has 1 saturated heterocycles. The molecular formula is C23H22N2O2S. The minimum atomic E-state index is -0.204. The Kier molecular flexibility index (Phi) is 4.85. The maximum absolute atomic E-state index is 12.7. The van der Waals surface area contributed by atoms with Gasteiger partial charge in [-0.1, -0.05) is 48.5 Å². The first-order valence-corrected chi connectivity index (χ1v) is 10.2. The number of carbonyl (C=O) groups excluding carboxylic acids is 2. The van der Waals surface area contributed by atoms with Crippen molar-refractivity contribution in [1.29, 1.82) is 0 Å². The van der Waals surface area contributed by atoms with Crippen molar-refractivity contribution in [3.63, 3.8) is 0 Å². The summed E-state index contributed by atoms with van der Waals surface area (Å²) in [6.07, 6.45) is 1.88. The molecule has 2 amide bonds. The number of aromatic nitrogens is 1. The SMILES string of the molecule is Cc1c(/C=C2/SC(=O)N(C(C)C)C2=O)c2ccccc2n1Cc1ccccc1. The van der Waals surface area contributed by atoms with Crippen molar-refractivity contribution in [2.24, 2.45) is 0 Å². The molecule has 4 nitrogen and oxygen atoms in total. The lowest BCUT2D eigenvalue weighted by Crippen LogP contribution is -2.34. The highest BCUT2D eigenvalue weighted by Gasteiger charge is 2.37. The van der Waals surface area contributed by atoms with E-state index in [1.807, 2.05) is 50.3 Å². The van der Waals surface area contributed by atoms with Crippen LogP contribution in [0.15, 0.2) is 59.5 Å². The summed E-state index contributed by atoms with van der Waals surface area (Å²) >= 11 is 1.02.